The fraction of sp³-hybridized carbons (Fsp3) is 0.432. The molecule has 0 aliphatic carbocycles. The van der Waals surface area contributed by atoms with Gasteiger partial charge in [0.25, 0.3) is 0 Å². The maximum atomic E-state index is 6.14. The smallest absolute Gasteiger partial charge is 0.203 e. The summed E-state index contributed by atoms with van der Waals surface area (Å²) >= 11 is 0. The molecule has 0 aliphatic heterocycles. The third-order valence-electron chi connectivity index (χ3n) is 7.69. The molecule has 4 rings (SSSR count). The highest BCUT2D eigenvalue weighted by Crippen LogP contribution is 2.42. The Morgan fingerprint density at radius 3 is 1.76 bits per heavy atom. The molecule has 1 heterocycles. The van der Waals surface area contributed by atoms with Crippen LogP contribution in [0.2, 0.25) is 0 Å². The monoisotopic (exact) mass is 632 g/mol. The predicted molar refractivity (Wildman–Crippen MR) is 178 cm³/mol. The zero-order chi connectivity index (χ0) is 32.7. The van der Waals surface area contributed by atoms with Crippen LogP contribution < -0.4 is 33.2 Å². The Kier molecular flexibility index (Phi) is 13.3. The summed E-state index contributed by atoms with van der Waals surface area (Å²) in [6, 6.07) is 18.3. The van der Waals surface area contributed by atoms with Gasteiger partial charge in [0.15, 0.2) is 40.3 Å². The Morgan fingerprint density at radius 2 is 1.17 bits per heavy atom. The second-order valence-corrected chi connectivity index (χ2v) is 11.0. The minimum absolute atomic E-state index is 0.520. The summed E-state index contributed by atoms with van der Waals surface area (Å²) in [5, 5.41) is 4.28. The molecule has 46 heavy (non-hydrogen) atoms. The predicted octanol–water partition coefficient (Wildman–Crippen LogP) is 8.74. The van der Waals surface area contributed by atoms with E-state index in [1.807, 2.05) is 55.5 Å². The van der Waals surface area contributed by atoms with Crippen molar-refractivity contribution in [3.05, 3.63) is 60.2 Å². The van der Waals surface area contributed by atoms with Crippen molar-refractivity contribution in [1.82, 2.24) is 5.16 Å². The maximum absolute atomic E-state index is 6.14. The molecule has 0 N–H and O–H groups in total. The highest BCUT2D eigenvalue weighted by atomic mass is 16.5. The number of nitrogens with zero attached hydrogens (tertiary/aromatic N) is 1. The average Bonchev–Trinajstić information content (AvgIpc) is 3.58. The molecule has 0 saturated heterocycles. The molecular formula is C37H46NO8. The lowest BCUT2D eigenvalue weighted by Gasteiger charge is -2.13. The fourth-order valence-corrected chi connectivity index (χ4v) is 5.18. The molecule has 0 atom stereocenters. The summed E-state index contributed by atoms with van der Waals surface area (Å²) in [6.07, 6.45) is 9.14. The molecule has 247 valence electrons. The van der Waals surface area contributed by atoms with Gasteiger partial charge in [-0.05, 0) is 67.8 Å². The van der Waals surface area contributed by atoms with Crippen molar-refractivity contribution in [2.75, 3.05) is 48.8 Å². The lowest BCUT2D eigenvalue weighted by Crippen LogP contribution is -2.00. The fourth-order valence-electron chi connectivity index (χ4n) is 5.18. The van der Waals surface area contributed by atoms with Crippen LogP contribution in [0.15, 0.2) is 53.1 Å². The average molecular weight is 633 g/mol. The summed E-state index contributed by atoms with van der Waals surface area (Å²) in [7, 11) is 8.02. The van der Waals surface area contributed by atoms with Crippen LogP contribution in [-0.4, -0.2) is 53.9 Å². The first kappa shape index (κ1) is 34.3. The molecule has 0 spiro atoms. The van der Waals surface area contributed by atoms with Gasteiger partial charge in [-0.2, -0.15) is 0 Å². The van der Waals surface area contributed by atoms with E-state index in [0.29, 0.717) is 59.2 Å². The molecule has 4 aromatic rings. The third-order valence-corrected chi connectivity index (χ3v) is 7.69. The lowest BCUT2D eigenvalue weighted by atomic mass is 10.1. The van der Waals surface area contributed by atoms with Gasteiger partial charge in [-0.3, -0.25) is 0 Å². The first-order valence-corrected chi connectivity index (χ1v) is 15.8. The van der Waals surface area contributed by atoms with E-state index in [0.717, 1.165) is 48.1 Å². The van der Waals surface area contributed by atoms with E-state index in [9.17, 15) is 0 Å². The van der Waals surface area contributed by atoms with Gasteiger partial charge < -0.3 is 37.7 Å². The van der Waals surface area contributed by atoms with Crippen LogP contribution in [-0.2, 0) is 0 Å². The Hall–Kier alpha value is -4.53. The number of aromatic nitrogens is 1. The van der Waals surface area contributed by atoms with Crippen molar-refractivity contribution in [3.63, 3.8) is 0 Å². The van der Waals surface area contributed by atoms with Gasteiger partial charge in [0.2, 0.25) is 5.75 Å². The van der Waals surface area contributed by atoms with E-state index in [4.69, 9.17) is 37.7 Å². The standard InChI is InChI=1S/C37H46NO8/c1-26-15-17-30(39-2)33(21-26)44-19-13-11-9-7-8-10-12-14-20-45-34-22-27(16-18-31(34)40-3)32-25-29(38-46-32)28-23-35(41-4)37(43-6)36(24-28)42-5/h15-16,18,21-25H,7-14,19-20H2,1-6H3. The lowest BCUT2D eigenvalue weighted by molar-refractivity contribution is 0.282. The van der Waals surface area contributed by atoms with Crippen molar-refractivity contribution >= 4 is 0 Å². The molecule has 9 nitrogen and oxygen atoms in total. The summed E-state index contributed by atoms with van der Waals surface area (Å²) in [6.45, 7) is 3.34. The van der Waals surface area contributed by atoms with E-state index < -0.39 is 0 Å². The summed E-state index contributed by atoms with van der Waals surface area (Å²) in [5.74, 6) is 5.00. The van der Waals surface area contributed by atoms with Crippen LogP contribution in [0.1, 0.15) is 56.9 Å². The van der Waals surface area contributed by atoms with Gasteiger partial charge in [-0.15, -0.1) is 0 Å². The molecule has 1 radical (unpaired) electrons. The van der Waals surface area contributed by atoms with E-state index in [2.05, 4.69) is 11.2 Å². The van der Waals surface area contributed by atoms with Gasteiger partial charge in [0, 0.05) is 23.3 Å². The molecule has 1 aromatic heterocycles. The topological polar surface area (TPSA) is 90.6 Å². The Morgan fingerprint density at radius 1 is 0.587 bits per heavy atom. The van der Waals surface area contributed by atoms with Crippen LogP contribution in [0.25, 0.3) is 22.6 Å². The van der Waals surface area contributed by atoms with Gasteiger partial charge in [-0.1, -0.05) is 43.7 Å². The molecule has 0 fully saturated rings. The number of unbranched alkanes of at least 4 members (excludes halogenated alkanes) is 7. The van der Waals surface area contributed by atoms with Crippen LogP contribution in [0.4, 0.5) is 0 Å². The third kappa shape index (κ3) is 9.25. The molecule has 9 heteroatoms. The van der Waals surface area contributed by atoms with E-state index >= 15 is 0 Å². The SMILES string of the molecule is COc1[c]cc(C)cc1OCCCCCCCCCCOc1cc(-c2cc(-c3cc(OC)c(OC)c(OC)c3)no2)ccc1OC. The number of hydrogen-bond acceptors (Lipinski definition) is 9. The molecule has 0 saturated carbocycles. The quantitative estimate of drug-likeness (QED) is 0.0887. The van der Waals surface area contributed by atoms with Crippen LogP contribution >= 0.6 is 0 Å². The van der Waals surface area contributed by atoms with Crippen LogP contribution in [0.3, 0.4) is 0 Å². The van der Waals surface area contributed by atoms with Crippen molar-refractivity contribution in [2.24, 2.45) is 0 Å². The number of ether oxygens (including phenoxy) is 7. The molecule has 0 bridgehead atoms. The second kappa shape index (κ2) is 17.8. The van der Waals surface area contributed by atoms with Crippen molar-refractivity contribution in [1.29, 1.82) is 0 Å². The Balaban J connectivity index is 1.19. The number of hydrogen-bond donors (Lipinski definition) is 0. The van der Waals surface area contributed by atoms with E-state index in [-0.39, 0.29) is 0 Å². The van der Waals surface area contributed by atoms with E-state index in [1.165, 1.54) is 25.7 Å². The zero-order valence-electron chi connectivity index (χ0n) is 27.9. The summed E-state index contributed by atoms with van der Waals surface area (Å²) in [4.78, 5) is 0. The number of rotatable bonds is 20. The van der Waals surface area contributed by atoms with Gasteiger partial charge >= 0.3 is 0 Å². The first-order valence-electron chi connectivity index (χ1n) is 15.8. The zero-order valence-corrected chi connectivity index (χ0v) is 27.9. The molecule has 0 aliphatic rings. The molecule has 3 aromatic carbocycles. The largest absolute Gasteiger partial charge is 0.493 e. The maximum Gasteiger partial charge on any atom is 0.203 e. The second-order valence-electron chi connectivity index (χ2n) is 11.0. The molecule has 0 amide bonds. The van der Waals surface area contributed by atoms with Gasteiger partial charge in [0.1, 0.15) is 5.69 Å². The Bertz CT molecular complexity index is 1490. The number of benzene rings is 3. The van der Waals surface area contributed by atoms with Crippen molar-refractivity contribution in [2.45, 2.75) is 58.3 Å². The van der Waals surface area contributed by atoms with E-state index in [1.54, 1.807) is 35.5 Å². The molecular weight excluding hydrogens is 586 g/mol. The minimum Gasteiger partial charge on any atom is -0.493 e. The Labute approximate surface area is 272 Å². The van der Waals surface area contributed by atoms with Gasteiger partial charge in [0.05, 0.1) is 48.8 Å². The highest BCUT2D eigenvalue weighted by Gasteiger charge is 2.18. The van der Waals surface area contributed by atoms with Gasteiger partial charge in [-0.25, -0.2) is 0 Å². The van der Waals surface area contributed by atoms with Crippen molar-refractivity contribution < 1.29 is 37.7 Å². The summed E-state index contributed by atoms with van der Waals surface area (Å²) in [5.41, 5.74) is 3.37. The highest BCUT2D eigenvalue weighted by molar-refractivity contribution is 5.72. The van der Waals surface area contributed by atoms with Crippen molar-refractivity contribution in [3.8, 4) is 62.8 Å². The number of methoxy groups -OCH3 is 5. The summed E-state index contributed by atoms with van der Waals surface area (Å²) < 4.78 is 45.0. The molecule has 0 unspecified atom stereocenters. The van der Waals surface area contributed by atoms with Crippen LogP contribution in [0.5, 0.6) is 40.2 Å². The minimum atomic E-state index is 0.520. The van der Waals surface area contributed by atoms with Crippen LogP contribution in [0, 0.1) is 13.0 Å². The number of aryl methyl sites for hydroxylation is 1. The first-order chi connectivity index (χ1) is 22.5. The normalized spacial score (nSPS) is 10.8.